The van der Waals surface area contributed by atoms with Gasteiger partial charge in [-0.05, 0) is 30.0 Å². The number of benzene rings is 1. The number of carbonyl (C=O) groups is 1. The number of hydrogen-bond acceptors (Lipinski definition) is 1. The molecule has 1 aromatic rings. The maximum absolute atomic E-state index is 13.1. The second-order valence-corrected chi connectivity index (χ2v) is 5.11. The molecule has 1 heterocycles. The van der Waals surface area contributed by atoms with E-state index in [2.05, 4.69) is 6.92 Å². The van der Waals surface area contributed by atoms with Crippen molar-refractivity contribution in [1.82, 2.24) is 9.80 Å². The summed E-state index contributed by atoms with van der Waals surface area (Å²) in [6.07, 6.45) is 1.07. The van der Waals surface area contributed by atoms with Crippen LogP contribution in [-0.4, -0.2) is 36.0 Å². The van der Waals surface area contributed by atoms with Crippen LogP contribution in [0.15, 0.2) is 24.3 Å². The summed E-state index contributed by atoms with van der Waals surface area (Å²) in [5.74, 6) is 0.319. The molecule has 1 saturated heterocycles. The molecular weight excluding hydrogens is 231 g/mol. The molecule has 98 valence electrons. The highest BCUT2D eigenvalue weighted by atomic mass is 19.1. The standard InChI is InChI=1S/C14H19FN2O/c1-11-6-7-17(9-11)14(18)16(2)10-12-4-3-5-13(15)8-12/h3-5,8,11H,6-7,9-10H2,1-2H3. The van der Waals surface area contributed by atoms with Gasteiger partial charge in [0.2, 0.25) is 0 Å². The SMILES string of the molecule is CC1CCN(C(=O)N(C)Cc2cccc(F)c2)C1. The van der Waals surface area contributed by atoms with Gasteiger partial charge in [-0.15, -0.1) is 0 Å². The highest BCUT2D eigenvalue weighted by Gasteiger charge is 2.25. The molecule has 1 aliphatic heterocycles. The second kappa shape index (κ2) is 5.38. The van der Waals surface area contributed by atoms with Gasteiger partial charge in [0.15, 0.2) is 0 Å². The molecule has 0 spiro atoms. The summed E-state index contributed by atoms with van der Waals surface area (Å²) in [7, 11) is 1.76. The first-order valence-electron chi connectivity index (χ1n) is 6.30. The van der Waals surface area contributed by atoms with Crippen LogP contribution in [0.5, 0.6) is 0 Å². The van der Waals surface area contributed by atoms with E-state index in [0.29, 0.717) is 12.5 Å². The molecule has 4 heteroatoms. The summed E-state index contributed by atoms with van der Waals surface area (Å²) < 4.78 is 13.1. The Labute approximate surface area is 107 Å². The van der Waals surface area contributed by atoms with Crippen molar-refractivity contribution >= 4 is 6.03 Å². The third-order valence-corrected chi connectivity index (χ3v) is 3.33. The number of urea groups is 1. The third kappa shape index (κ3) is 3.00. The normalized spacial score (nSPS) is 19.1. The first-order chi connectivity index (χ1) is 8.56. The van der Waals surface area contributed by atoms with Crippen molar-refractivity contribution in [3.8, 4) is 0 Å². The highest BCUT2D eigenvalue weighted by molar-refractivity contribution is 5.74. The van der Waals surface area contributed by atoms with Gasteiger partial charge in [0, 0.05) is 26.7 Å². The first kappa shape index (κ1) is 12.9. The van der Waals surface area contributed by atoms with Crippen LogP contribution in [-0.2, 0) is 6.54 Å². The summed E-state index contributed by atoms with van der Waals surface area (Å²) in [6, 6.07) is 6.41. The number of nitrogens with zero attached hydrogens (tertiary/aromatic N) is 2. The van der Waals surface area contributed by atoms with Crippen LogP contribution in [0.3, 0.4) is 0 Å². The summed E-state index contributed by atoms with van der Waals surface area (Å²) in [6.45, 7) is 4.25. The fraction of sp³-hybridized carbons (Fsp3) is 0.500. The molecule has 1 atom stereocenters. The topological polar surface area (TPSA) is 23.6 Å². The van der Waals surface area contributed by atoms with E-state index < -0.39 is 0 Å². The van der Waals surface area contributed by atoms with Gasteiger partial charge in [-0.25, -0.2) is 9.18 Å². The quantitative estimate of drug-likeness (QED) is 0.791. The van der Waals surface area contributed by atoms with Gasteiger partial charge >= 0.3 is 6.03 Å². The van der Waals surface area contributed by atoms with E-state index in [4.69, 9.17) is 0 Å². The predicted molar refractivity (Wildman–Crippen MR) is 68.6 cm³/mol. The number of carbonyl (C=O) groups excluding carboxylic acids is 1. The monoisotopic (exact) mass is 250 g/mol. The van der Waals surface area contributed by atoms with Gasteiger partial charge < -0.3 is 9.80 Å². The lowest BCUT2D eigenvalue weighted by atomic mass is 10.2. The van der Waals surface area contributed by atoms with Crippen LogP contribution in [0, 0.1) is 11.7 Å². The third-order valence-electron chi connectivity index (χ3n) is 3.33. The predicted octanol–water partition coefficient (Wildman–Crippen LogP) is 2.72. The summed E-state index contributed by atoms with van der Waals surface area (Å²) in [5, 5.41) is 0. The van der Waals surface area contributed by atoms with Crippen molar-refractivity contribution in [3.05, 3.63) is 35.6 Å². The van der Waals surface area contributed by atoms with Crippen molar-refractivity contribution < 1.29 is 9.18 Å². The van der Waals surface area contributed by atoms with Crippen molar-refractivity contribution in [1.29, 1.82) is 0 Å². The molecule has 2 amide bonds. The number of hydrogen-bond donors (Lipinski definition) is 0. The van der Waals surface area contributed by atoms with Crippen molar-refractivity contribution in [2.24, 2.45) is 5.92 Å². The number of rotatable bonds is 2. The molecule has 2 rings (SSSR count). The Kier molecular flexibility index (Phi) is 3.84. The van der Waals surface area contributed by atoms with Gasteiger partial charge in [-0.3, -0.25) is 0 Å². The average molecular weight is 250 g/mol. The zero-order chi connectivity index (χ0) is 13.1. The van der Waals surface area contributed by atoms with E-state index in [-0.39, 0.29) is 11.8 Å². The lowest BCUT2D eigenvalue weighted by Gasteiger charge is -2.24. The van der Waals surface area contributed by atoms with Crippen molar-refractivity contribution in [2.75, 3.05) is 20.1 Å². The van der Waals surface area contributed by atoms with Gasteiger partial charge in [-0.2, -0.15) is 0 Å². The first-order valence-corrected chi connectivity index (χ1v) is 6.30. The summed E-state index contributed by atoms with van der Waals surface area (Å²) in [4.78, 5) is 15.6. The molecule has 0 aromatic heterocycles. The van der Waals surface area contributed by atoms with E-state index in [9.17, 15) is 9.18 Å². The van der Waals surface area contributed by atoms with Crippen molar-refractivity contribution in [3.63, 3.8) is 0 Å². The Balaban J connectivity index is 1.95. The number of halogens is 1. The van der Waals surface area contributed by atoms with Crippen LogP contribution in [0.25, 0.3) is 0 Å². The van der Waals surface area contributed by atoms with Crippen LogP contribution in [0.1, 0.15) is 18.9 Å². The molecule has 3 nitrogen and oxygen atoms in total. The average Bonchev–Trinajstić information content (AvgIpc) is 2.75. The van der Waals surface area contributed by atoms with Gasteiger partial charge in [0.25, 0.3) is 0 Å². The largest absolute Gasteiger partial charge is 0.324 e. The van der Waals surface area contributed by atoms with E-state index in [1.165, 1.54) is 12.1 Å². The smallest absolute Gasteiger partial charge is 0.320 e. The van der Waals surface area contributed by atoms with E-state index in [1.54, 1.807) is 18.0 Å². The van der Waals surface area contributed by atoms with E-state index in [1.807, 2.05) is 11.0 Å². The van der Waals surface area contributed by atoms with Gasteiger partial charge in [-0.1, -0.05) is 19.1 Å². The van der Waals surface area contributed by atoms with E-state index >= 15 is 0 Å². The molecule has 0 N–H and O–H groups in total. The molecule has 1 aliphatic rings. The molecule has 0 aliphatic carbocycles. The molecule has 0 bridgehead atoms. The van der Waals surface area contributed by atoms with Crippen molar-refractivity contribution in [2.45, 2.75) is 19.9 Å². The molecular formula is C14H19FN2O. The fourth-order valence-corrected chi connectivity index (χ4v) is 2.33. The Morgan fingerprint density at radius 3 is 2.94 bits per heavy atom. The van der Waals surface area contributed by atoms with Crippen LogP contribution < -0.4 is 0 Å². The van der Waals surface area contributed by atoms with Crippen LogP contribution in [0.2, 0.25) is 0 Å². The second-order valence-electron chi connectivity index (χ2n) is 5.11. The Morgan fingerprint density at radius 2 is 2.33 bits per heavy atom. The molecule has 18 heavy (non-hydrogen) atoms. The Morgan fingerprint density at radius 1 is 1.56 bits per heavy atom. The minimum absolute atomic E-state index is 0.0311. The zero-order valence-corrected chi connectivity index (χ0v) is 10.9. The lowest BCUT2D eigenvalue weighted by Crippen LogP contribution is -2.39. The fourth-order valence-electron chi connectivity index (χ4n) is 2.33. The molecule has 0 radical (unpaired) electrons. The molecule has 0 saturated carbocycles. The zero-order valence-electron chi connectivity index (χ0n) is 10.9. The molecule has 1 aromatic carbocycles. The molecule has 1 fully saturated rings. The summed E-state index contributed by atoms with van der Waals surface area (Å²) in [5.41, 5.74) is 0.818. The maximum atomic E-state index is 13.1. The highest BCUT2D eigenvalue weighted by Crippen LogP contribution is 2.17. The van der Waals surface area contributed by atoms with Gasteiger partial charge in [0.05, 0.1) is 0 Å². The van der Waals surface area contributed by atoms with Gasteiger partial charge in [0.1, 0.15) is 5.82 Å². The maximum Gasteiger partial charge on any atom is 0.320 e. The Bertz CT molecular complexity index is 436. The minimum atomic E-state index is -0.261. The van der Waals surface area contributed by atoms with Crippen LogP contribution in [0.4, 0.5) is 9.18 Å². The lowest BCUT2D eigenvalue weighted by molar-refractivity contribution is 0.169. The molecule has 1 unspecified atom stereocenters. The number of likely N-dealkylation sites (tertiary alicyclic amines) is 1. The minimum Gasteiger partial charge on any atom is -0.324 e. The number of amides is 2. The van der Waals surface area contributed by atoms with E-state index in [0.717, 1.165) is 25.1 Å². The van der Waals surface area contributed by atoms with Crippen LogP contribution >= 0.6 is 0 Å². The Hall–Kier alpha value is -1.58. The summed E-state index contributed by atoms with van der Waals surface area (Å²) >= 11 is 0.